The lowest BCUT2D eigenvalue weighted by molar-refractivity contribution is -0.215. The third-order valence-corrected chi connectivity index (χ3v) is 3.56. The Morgan fingerprint density at radius 3 is 3.00 bits per heavy atom. The van der Waals surface area contributed by atoms with E-state index in [4.69, 9.17) is 21.1 Å². The molecule has 3 heterocycles. The van der Waals surface area contributed by atoms with E-state index in [1.165, 1.54) is 6.20 Å². The first-order valence-corrected chi connectivity index (χ1v) is 7.43. The lowest BCUT2D eigenvalue weighted by atomic mass is 10.1. The van der Waals surface area contributed by atoms with Gasteiger partial charge in [-0.2, -0.15) is 5.10 Å². The van der Waals surface area contributed by atoms with Crippen molar-refractivity contribution in [1.29, 1.82) is 0 Å². The molecule has 1 aliphatic heterocycles. The number of halogens is 1. The molecular weight excluding hydrogens is 292 g/mol. The third kappa shape index (κ3) is 3.40. The van der Waals surface area contributed by atoms with Crippen molar-refractivity contribution in [1.82, 2.24) is 19.7 Å². The number of hydrogen-bond donors (Lipinski definition) is 0. The van der Waals surface area contributed by atoms with Crippen LogP contribution in [0.1, 0.15) is 32.4 Å². The van der Waals surface area contributed by atoms with Crippen LogP contribution in [0.25, 0.3) is 11.3 Å². The summed E-state index contributed by atoms with van der Waals surface area (Å²) in [5, 5.41) is 4.74. The van der Waals surface area contributed by atoms with Gasteiger partial charge in [0.25, 0.3) is 0 Å². The smallest absolute Gasteiger partial charge is 0.160 e. The van der Waals surface area contributed by atoms with Gasteiger partial charge in [-0.1, -0.05) is 11.6 Å². The Balaban J connectivity index is 1.73. The molecule has 7 heteroatoms. The molecule has 0 bridgehead atoms. The van der Waals surface area contributed by atoms with E-state index >= 15 is 0 Å². The summed E-state index contributed by atoms with van der Waals surface area (Å²) < 4.78 is 13.3. The molecule has 2 aromatic rings. The van der Waals surface area contributed by atoms with Gasteiger partial charge in [-0.05, 0) is 26.2 Å². The van der Waals surface area contributed by atoms with Crippen molar-refractivity contribution in [2.75, 3.05) is 6.61 Å². The van der Waals surface area contributed by atoms with Crippen LogP contribution in [0.4, 0.5) is 0 Å². The molecule has 0 N–H and O–H groups in total. The van der Waals surface area contributed by atoms with Gasteiger partial charge in [0.2, 0.25) is 0 Å². The zero-order chi connectivity index (χ0) is 14.7. The summed E-state index contributed by atoms with van der Waals surface area (Å²) in [5.74, 6) is 0. The predicted molar refractivity (Wildman–Crippen MR) is 77.7 cm³/mol. The quantitative estimate of drug-likeness (QED) is 0.868. The van der Waals surface area contributed by atoms with Gasteiger partial charge >= 0.3 is 0 Å². The molecule has 2 aromatic heterocycles. The SMILES string of the molecule is CCOC1CCCC(n2cc(-c3cnc(Cl)cn3)cn2)O1. The molecule has 21 heavy (non-hydrogen) atoms. The van der Waals surface area contributed by atoms with Crippen LogP contribution in [0.5, 0.6) is 0 Å². The molecule has 3 rings (SSSR count). The van der Waals surface area contributed by atoms with Crippen molar-refractivity contribution in [2.45, 2.75) is 38.7 Å². The number of rotatable bonds is 4. The molecule has 2 unspecified atom stereocenters. The van der Waals surface area contributed by atoms with E-state index in [1.807, 2.05) is 17.8 Å². The molecule has 1 aliphatic rings. The van der Waals surface area contributed by atoms with Crippen molar-refractivity contribution < 1.29 is 9.47 Å². The Kier molecular flexibility index (Phi) is 4.48. The average molecular weight is 309 g/mol. The van der Waals surface area contributed by atoms with Crippen LogP contribution >= 0.6 is 11.6 Å². The topological polar surface area (TPSA) is 62.1 Å². The van der Waals surface area contributed by atoms with Gasteiger partial charge in [0, 0.05) is 18.4 Å². The average Bonchev–Trinajstić information content (AvgIpc) is 2.98. The highest BCUT2D eigenvalue weighted by atomic mass is 35.5. The molecule has 0 radical (unpaired) electrons. The van der Waals surface area contributed by atoms with Crippen LogP contribution in [0.2, 0.25) is 5.15 Å². The molecule has 0 saturated carbocycles. The number of nitrogens with zero attached hydrogens (tertiary/aromatic N) is 4. The number of hydrogen-bond acceptors (Lipinski definition) is 5. The maximum Gasteiger partial charge on any atom is 0.160 e. The maximum absolute atomic E-state index is 5.90. The summed E-state index contributed by atoms with van der Waals surface area (Å²) in [5.41, 5.74) is 1.63. The molecule has 0 amide bonds. The minimum Gasteiger partial charge on any atom is -0.353 e. The minimum absolute atomic E-state index is 0.0932. The standard InChI is InChI=1S/C14H17ClN4O2/c1-2-20-14-5-3-4-13(21-14)19-9-10(6-18-19)11-7-17-12(15)8-16-11/h6-9,13-14H,2-5H2,1H3. The Bertz CT molecular complexity index is 585. The number of ether oxygens (including phenoxy) is 2. The van der Waals surface area contributed by atoms with Gasteiger partial charge in [0.15, 0.2) is 12.5 Å². The lowest BCUT2D eigenvalue weighted by Gasteiger charge is -2.29. The normalized spacial score (nSPS) is 22.4. The fourth-order valence-corrected chi connectivity index (χ4v) is 2.46. The van der Waals surface area contributed by atoms with E-state index in [9.17, 15) is 0 Å². The number of aromatic nitrogens is 4. The van der Waals surface area contributed by atoms with Crippen LogP contribution in [-0.4, -0.2) is 32.6 Å². The van der Waals surface area contributed by atoms with Crippen molar-refractivity contribution in [3.63, 3.8) is 0 Å². The van der Waals surface area contributed by atoms with E-state index in [-0.39, 0.29) is 12.5 Å². The van der Waals surface area contributed by atoms with Crippen LogP contribution in [-0.2, 0) is 9.47 Å². The van der Waals surface area contributed by atoms with E-state index < -0.39 is 0 Å². The second kappa shape index (κ2) is 6.51. The maximum atomic E-state index is 5.90. The first-order chi connectivity index (χ1) is 10.3. The monoisotopic (exact) mass is 308 g/mol. The summed E-state index contributed by atoms with van der Waals surface area (Å²) in [4.78, 5) is 8.27. The molecule has 1 saturated heterocycles. The van der Waals surface area contributed by atoms with Crippen LogP contribution in [0, 0.1) is 0 Å². The van der Waals surface area contributed by atoms with Gasteiger partial charge in [-0.25, -0.2) is 9.67 Å². The van der Waals surface area contributed by atoms with Crippen LogP contribution < -0.4 is 0 Å². The van der Waals surface area contributed by atoms with E-state index in [0.29, 0.717) is 11.8 Å². The molecule has 0 aliphatic carbocycles. The van der Waals surface area contributed by atoms with Crippen molar-refractivity contribution in [3.8, 4) is 11.3 Å². The molecule has 2 atom stereocenters. The highest BCUT2D eigenvalue weighted by molar-refractivity contribution is 6.29. The molecule has 0 spiro atoms. The third-order valence-electron chi connectivity index (χ3n) is 3.36. The molecule has 6 nitrogen and oxygen atoms in total. The van der Waals surface area contributed by atoms with E-state index in [1.54, 1.807) is 12.4 Å². The molecular formula is C14H17ClN4O2. The molecule has 112 valence electrons. The van der Waals surface area contributed by atoms with Gasteiger partial charge in [-0.3, -0.25) is 4.98 Å². The highest BCUT2D eigenvalue weighted by Gasteiger charge is 2.24. The fourth-order valence-electron chi connectivity index (χ4n) is 2.36. The summed E-state index contributed by atoms with van der Waals surface area (Å²) in [7, 11) is 0. The first kappa shape index (κ1) is 14.4. The molecule has 1 fully saturated rings. The van der Waals surface area contributed by atoms with Crippen LogP contribution in [0.15, 0.2) is 24.8 Å². The van der Waals surface area contributed by atoms with Crippen molar-refractivity contribution >= 4 is 11.6 Å². The summed E-state index contributed by atoms with van der Waals surface area (Å²) in [6.07, 6.45) is 9.51. The first-order valence-electron chi connectivity index (χ1n) is 7.05. The summed E-state index contributed by atoms with van der Waals surface area (Å²) in [6, 6.07) is 0. The zero-order valence-electron chi connectivity index (χ0n) is 11.8. The van der Waals surface area contributed by atoms with Crippen molar-refractivity contribution in [3.05, 3.63) is 29.9 Å². The summed E-state index contributed by atoms with van der Waals surface area (Å²) in [6.45, 7) is 2.63. The Hall–Kier alpha value is -1.50. The fraction of sp³-hybridized carbons (Fsp3) is 0.500. The lowest BCUT2D eigenvalue weighted by Crippen LogP contribution is -2.28. The Labute approximate surface area is 128 Å². The van der Waals surface area contributed by atoms with Gasteiger partial charge in [-0.15, -0.1) is 0 Å². The van der Waals surface area contributed by atoms with Crippen molar-refractivity contribution in [2.24, 2.45) is 0 Å². The summed E-state index contributed by atoms with van der Waals surface area (Å²) >= 11 is 5.74. The second-order valence-electron chi connectivity index (χ2n) is 4.84. The minimum atomic E-state index is -0.142. The Morgan fingerprint density at radius 1 is 1.33 bits per heavy atom. The predicted octanol–water partition coefficient (Wildman–Crippen LogP) is 3.06. The molecule has 0 aromatic carbocycles. The van der Waals surface area contributed by atoms with Gasteiger partial charge in [0.1, 0.15) is 5.15 Å². The van der Waals surface area contributed by atoms with Crippen LogP contribution in [0.3, 0.4) is 0 Å². The largest absolute Gasteiger partial charge is 0.353 e. The van der Waals surface area contributed by atoms with Gasteiger partial charge < -0.3 is 9.47 Å². The second-order valence-corrected chi connectivity index (χ2v) is 5.23. The van der Waals surface area contributed by atoms with E-state index in [2.05, 4.69) is 15.1 Å². The van der Waals surface area contributed by atoms with E-state index in [0.717, 1.165) is 30.5 Å². The highest BCUT2D eigenvalue weighted by Crippen LogP contribution is 2.28. The zero-order valence-corrected chi connectivity index (χ0v) is 12.5. The Morgan fingerprint density at radius 2 is 2.24 bits per heavy atom. The van der Waals surface area contributed by atoms with Gasteiger partial charge in [0.05, 0.1) is 24.3 Å².